The summed E-state index contributed by atoms with van der Waals surface area (Å²) in [6, 6.07) is 8.12. The van der Waals surface area contributed by atoms with Gasteiger partial charge in [-0.1, -0.05) is 17.7 Å². The summed E-state index contributed by atoms with van der Waals surface area (Å²) in [5, 5.41) is 0. The molecule has 1 aliphatic rings. The van der Waals surface area contributed by atoms with E-state index >= 15 is 0 Å². The van der Waals surface area contributed by atoms with Crippen molar-refractivity contribution in [2.24, 2.45) is 11.7 Å². The Balaban J connectivity index is 2.13. The number of nitrogens with two attached hydrogens (primary N) is 1. The van der Waals surface area contributed by atoms with E-state index in [1.165, 1.54) is 5.56 Å². The minimum atomic E-state index is 0.139. The van der Waals surface area contributed by atoms with Crippen LogP contribution < -0.4 is 5.73 Å². The first-order chi connectivity index (χ1) is 8.61. The first kappa shape index (κ1) is 13.1. The number of hydrogen-bond donors (Lipinski definition) is 1. The van der Waals surface area contributed by atoms with Crippen molar-refractivity contribution in [2.75, 3.05) is 13.1 Å². The first-order valence-corrected chi connectivity index (χ1v) is 6.69. The van der Waals surface area contributed by atoms with Crippen LogP contribution in [0.4, 0.5) is 0 Å². The third-order valence-electron chi connectivity index (χ3n) is 3.87. The molecule has 18 heavy (non-hydrogen) atoms. The quantitative estimate of drug-likeness (QED) is 0.869. The van der Waals surface area contributed by atoms with Crippen LogP contribution in [-0.2, 0) is 0 Å². The van der Waals surface area contributed by atoms with Gasteiger partial charge in [-0.15, -0.1) is 0 Å². The Kier molecular flexibility index (Phi) is 4.02. The van der Waals surface area contributed by atoms with Crippen molar-refractivity contribution in [2.45, 2.75) is 32.7 Å². The molecule has 2 N–H and O–H groups in total. The van der Waals surface area contributed by atoms with Crippen molar-refractivity contribution in [3.05, 3.63) is 35.4 Å². The number of benzene rings is 1. The molecule has 0 spiro atoms. The second-order valence-electron chi connectivity index (χ2n) is 5.35. The van der Waals surface area contributed by atoms with E-state index in [9.17, 15) is 4.79 Å². The second kappa shape index (κ2) is 5.53. The second-order valence-corrected chi connectivity index (χ2v) is 5.35. The van der Waals surface area contributed by atoms with E-state index in [0.717, 1.165) is 24.9 Å². The van der Waals surface area contributed by atoms with E-state index in [0.29, 0.717) is 18.5 Å². The van der Waals surface area contributed by atoms with Gasteiger partial charge in [0, 0.05) is 18.2 Å². The number of likely N-dealkylation sites (tertiary alicyclic amines) is 1. The molecule has 3 nitrogen and oxygen atoms in total. The van der Waals surface area contributed by atoms with Crippen LogP contribution in [0.3, 0.4) is 0 Å². The molecule has 1 aliphatic heterocycles. The van der Waals surface area contributed by atoms with Gasteiger partial charge in [-0.25, -0.2) is 0 Å². The lowest BCUT2D eigenvalue weighted by Crippen LogP contribution is -2.47. The maximum Gasteiger partial charge on any atom is 0.254 e. The highest BCUT2D eigenvalue weighted by Gasteiger charge is 2.28. The van der Waals surface area contributed by atoms with Gasteiger partial charge in [-0.2, -0.15) is 0 Å². The van der Waals surface area contributed by atoms with E-state index in [-0.39, 0.29) is 5.91 Å². The lowest BCUT2D eigenvalue weighted by Gasteiger charge is -2.37. The molecule has 0 bridgehead atoms. The minimum Gasteiger partial charge on any atom is -0.336 e. The molecule has 1 heterocycles. The Hall–Kier alpha value is -1.35. The highest BCUT2D eigenvalue weighted by Crippen LogP contribution is 2.23. The van der Waals surface area contributed by atoms with Gasteiger partial charge in [0.1, 0.15) is 0 Å². The largest absolute Gasteiger partial charge is 0.336 e. The zero-order chi connectivity index (χ0) is 13.1. The van der Waals surface area contributed by atoms with Gasteiger partial charge in [-0.05, 0) is 51.3 Å². The van der Waals surface area contributed by atoms with Crippen molar-refractivity contribution < 1.29 is 4.79 Å². The summed E-state index contributed by atoms with van der Waals surface area (Å²) in [6.07, 6.45) is 2.19. The maximum absolute atomic E-state index is 12.5. The number of carbonyl (C=O) groups excluding carboxylic acids is 1. The molecule has 1 aromatic carbocycles. The summed E-state index contributed by atoms with van der Waals surface area (Å²) in [5.41, 5.74) is 7.69. The van der Waals surface area contributed by atoms with Crippen LogP contribution in [0.15, 0.2) is 24.3 Å². The lowest BCUT2D eigenvalue weighted by atomic mass is 9.93. The van der Waals surface area contributed by atoms with E-state index in [1.807, 2.05) is 36.1 Å². The fourth-order valence-electron chi connectivity index (χ4n) is 2.52. The Labute approximate surface area is 109 Å². The van der Waals surface area contributed by atoms with Gasteiger partial charge in [-0.3, -0.25) is 4.79 Å². The standard InChI is InChI=1S/C15H22N2O/c1-11-3-7-14(8-4-11)15(18)17-10-13(9-16)6-5-12(17)2/h3-4,7-8,12-13H,5-6,9-10,16H2,1-2H3. The summed E-state index contributed by atoms with van der Waals surface area (Å²) >= 11 is 0. The summed E-state index contributed by atoms with van der Waals surface area (Å²) in [7, 11) is 0. The van der Waals surface area contributed by atoms with E-state index in [1.54, 1.807) is 0 Å². The third-order valence-corrected chi connectivity index (χ3v) is 3.87. The number of carbonyl (C=O) groups is 1. The van der Waals surface area contributed by atoms with Crippen LogP contribution in [0.5, 0.6) is 0 Å². The molecule has 0 aromatic heterocycles. The fourth-order valence-corrected chi connectivity index (χ4v) is 2.52. The number of amides is 1. The van der Waals surface area contributed by atoms with Crippen LogP contribution in [-0.4, -0.2) is 29.9 Å². The molecule has 2 rings (SSSR count). The first-order valence-electron chi connectivity index (χ1n) is 6.69. The highest BCUT2D eigenvalue weighted by molar-refractivity contribution is 5.94. The number of nitrogens with zero attached hydrogens (tertiary/aromatic N) is 1. The maximum atomic E-state index is 12.5. The van der Waals surface area contributed by atoms with Crippen LogP contribution in [0, 0.1) is 12.8 Å². The van der Waals surface area contributed by atoms with E-state index in [4.69, 9.17) is 5.73 Å². The van der Waals surface area contributed by atoms with Crippen molar-refractivity contribution in [1.29, 1.82) is 0 Å². The normalized spacial score (nSPS) is 24.1. The fraction of sp³-hybridized carbons (Fsp3) is 0.533. The summed E-state index contributed by atoms with van der Waals surface area (Å²) in [4.78, 5) is 14.4. The molecular formula is C15H22N2O. The Morgan fingerprint density at radius 2 is 2.00 bits per heavy atom. The molecule has 98 valence electrons. The van der Waals surface area contributed by atoms with Crippen LogP contribution in [0.2, 0.25) is 0 Å². The molecule has 1 saturated heterocycles. The molecule has 1 fully saturated rings. The molecule has 3 heteroatoms. The molecule has 0 aliphatic carbocycles. The Morgan fingerprint density at radius 3 is 2.61 bits per heavy atom. The van der Waals surface area contributed by atoms with E-state index in [2.05, 4.69) is 6.92 Å². The molecular weight excluding hydrogens is 224 g/mol. The van der Waals surface area contributed by atoms with Crippen LogP contribution >= 0.6 is 0 Å². The highest BCUT2D eigenvalue weighted by atomic mass is 16.2. The molecule has 1 aromatic rings. The number of aryl methyl sites for hydroxylation is 1. The molecule has 2 atom stereocenters. The van der Waals surface area contributed by atoms with Gasteiger partial charge < -0.3 is 10.6 Å². The van der Waals surface area contributed by atoms with Gasteiger partial charge >= 0.3 is 0 Å². The third kappa shape index (κ3) is 2.72. The predicted molar refractivity (Wildman–Crippen MR) is 73.5 cm³/mol. The monoisotopic (exact) mass is 246 g/mol. The minimum absolute atomic E-state index is 0.139. The Morgan fingerprint density at radius 1 is 1.33 bits per heavy atom. The van der Waals surface area contributed by atoms with Crippen LogP contribution in [0.1, 0.15) is 35.7 Å². The van der Waals surface area contributed by atoms with Gasteiger partial charge in [0.15, 0.2) is 0 Å². The zero-order valence-electron chi connectivity index (χ0n) is 11.2. The van der Waals surface area contributed by atoms with Gasteiger partial charge in [0.05, 0.1) is 0 Å². The topological polar surface area (TPSA) is 46.3 Å². The number of hydrogen-bond acceptors (Lipinski definition) is 2. The zero-order valence-corrected chi connectivity index (χ0v) is 11.2. The average Bonchev–Trinajstić information content (AvgIpc) is 2.39. The SMILES string of the molecule is Cc1ccc(C(=O)N2CC(CN)CCC2C)cc1. The number of rotatable bonds is 2. The summed E-state index contributed by atoms with van der Waals surface area (Å²) < 4.78 is 0. The van der Waals surface area contributed by atoms with Crippen molar-refractivity contribution in [3.63, 3.8) is 0 Å². The lowest BCUT2D eigenvalue weighted by molar-refractivity contribution is 0.0567. The number of piperidine rings is 1. The summed E-state index contributed by atoms with van der Waals surface area (Å²) in [6.45, 7) is 5.62. The van der Waals surface area contributed by atoms with Crippen molar-refractivity contribution in [1.82, 2.24) is 4.90 Å². The average molecular weight is 246 g/mol. The predicted octanol–water partition coefficient (Wildman–Crippen LogP) is 2.19. The molecule has 2 unspecified atom stereocenters. The van der Waals surface area contributed by atoms with Crippen molar-refractivity contribution in [3.8, 4) is 0 Å². The molecule has 0 radical (unpaired) electrons. The van der Waals surface area contributed by atoms with Crippen molar-refractivity contribution >= 4 is 5.91 Å². The molecule has 0 saturated carbocycles. The smallest absolute Gasteiger partial charge is 0.254 e. The van der Waals surface area contributed by atoms with Crippen LogP contribution in [0.25, 0.3) is 0 Å². The summed E-state index contributed by atoms with van der Waals surface area (Å²) in [5.74, 6) is 0.594. The molecule has 1 amide bonds. The van der Waals surface area contributed by atoms with Gasteiger partial charge in [0.2, 0.25) is 0 Å². The Bertz CT molecular complexity index is 413. The van der Waals surface area contributed by atoms with E-state index < -0.39 is 0 Å². The van der Waals surface area contributed by atoms with Gasteiger partial charge in [0.25, 0.3) is 5.91 Å².